The molecule has 0 unspecified atom stereocenters. The fourth-order valence-corrected chi connectivity index (χ4v) is 3.42. The standard InChI is InChI=1S/C15H16N4O2S/c16-8-11-4-1-2-5-12(11)10-22-15-18-17-14(20)19(15)9-13-6-3-7-21-13/h1-2,4-5,13H,3,6-7,9-10H2,(H,17,20)/t13-/m1/s1. The molecule has 1 saturated heterocycles. The Hall–Kier alpha value is -2.04. The Balaban J connectivity index is 1.73. The fraction of sp³-hybridized carbons (Fsp3) is 0.400. The lowest BCUT2D eigenvalue weighted by atomic mass is 10.1. The Labute approximate surface area is 132 Å². The smallest absolute Gasteiger partial charge is 0.344 e. The Morgan fingerprint density at radius 3 is 3.14 bits per heavy atom. The van der Waals surface area contributed by atoms with Gasteiger partial charge in [0, 0.05) is 12.4 Å². The van der Waals surface area contributed by atoms with Crippen LogP contribution in [-0.2, 0) is 17.0 Å². The number of ether oxygens (including phenoxy) is 1. The second-order valence-corrected chi connectivity index (χ2v) is 6.06. The van der Waals surface area contributed by atoms with Crippen LogP contribution < -0.4 is 5.69 Å². The number of hydrogen-bond donors (Lipinski definition) is 1. The molecule has 1 aromatic heterocycles. The van der Waals surface area contributed by atoms with E-state index in [0.717, 1.165) is 25.0 Å². The third kappa shape index (κ3) is 3.24. The average molecular weight is 316 g/mol. The predicted octanol–water partition coefficient (Wildman–Crippen LogP) is 1.91. The van der Waals surface area contributed by atoms with Gasteiger partial charge in [-0.05, 0) is 24.5 Å². The summed E-state index contributed by atoms with van der Waals surface area (Å²) in [4.78, 5) is 11.9. The van der Waals surface area contributed by atoms with E-state index in [1.54, 1.807) is 10.6 Å². The molecule has 1 aliphatic heterocycles. The van der Waals surface area contributed by atoms with Crippen molar-refractivity contribution < 1.29 is 4.74 Å². The zero-order valence-corrected chi connectivity index (χ0v) is 12.8. The zero-order valence-electron chi connectivity index (χ0n) is 12.0. The predicted molar refractivity (Wildman–Crippen MR) is 82.5 cm³/mol. The molecule has 2 heterocycles. The van der Waals surface area contributed by atoms with E-state index < -0.39 is 0 Å². The van der Waals surface area contributed by atoms with Gasteiger partial charge in [-0.1, -0.05) is 30.0 Å². The van der Waals surface area contributed by atoms with Crippen LogP contribution in [0.1, 0.15) is 24.0 Å². The minimum atomic E-state index is -0.216. The molecule has 1 atom stereocenters. The number of nitrogens with one attached hydrogen (secondary N) is 1. The number of nitrogens with zero attached hydrogens (tertiary/aromatic N) is 3. The Kier molecular flexibility index (Phi) is 4.61. The lowest BCUT2D eigenvalue weighted by molar-refractivity contribution is 0.0941. The molecule has 0 aliphatic carbocycles. The maximum absolute atomic E-state index is 11.9. The number of thioether (sulfide) groups is 1. The van der Waals surface area contributed by atoms with Crippen molar-refractivity contribution in [1.29, 1.82) is 5.26 Å². The van der Waals surface area contributed by atoms with E-state index in [-0.39, 0.29) is 11.8 Å². The highest BCUT2D eigenvalue weighted by Gasteiger charge is 2.19. The summed E-state index contributed by atoms with van der Waals surface area (Å²) in [6.45, 7) is 1.28. The maximum Gasteiger partial charge on any atom is 0.344 e. The van der Waals surface area contributed by atoms with Crippen LogP contribution in [0, 0.1) is 11.3 Å². The van der Waals surface area contributed by atoms with E-state index in [0.29, 0.717) is 23.0 Å². The van der Waals surface area contributed by atoms with E-state index in [4.69, 9.17) is 10.00 Å². The van der Waals surface area contributed by atoms with E-state index in [9.17, 15) is 4.79 Å². The Bertz CT molecular complexity index is 740. The number of hydrogen-bond acceptors (Lipinski definition) is 5. The molecule has 0 saturated carbocycles. The van der Waals surface area contributed by atoms with Gasteiger partial charge in [0.15, 0.2) is 5.16 Å². The Morgan fingerprint density at radius 1 is 1.50 bits per heavy atom. The topological polar surface area (TPSA) is 83.7 Å². The van der Waals surface area contributed by atoms with Crippen LogP contribution in [0.15, 0.2) is 34.2 Å². The fourth-order valence-electron chi connectivity index (χ4n) is 2.46. The summed E-state index contributed by atoms with van der Waals surface area (Å²) in [6.07, 6.45) is 2.09. The van der Waals surface area contributed by atoms with Crippen LogP contribution >= 0.6 is 11.8 Å². The molecule has 22 heavy (non-hydrogen) atoms. The van der Waals surface area contributed by atoms with Gasteiger partial charge in [0.05, 0.1) is 24.3 Å². The highest BCUT2D eigenvalue weighted by atomic mass is 32.2. The number of rotatable bonds is 5. The molecule has 0 amide bonds. The zero-order chi connectivity index (χ0) is 15.4. The van der Waals surface area contributed by atoms with Gasteiger partial charge < -0.3 is 4.74 Å². The first kappa shape index (κ1) is 14.9. The highest BCUT2D eigenvalue weighted by Crippen LogP contribution is 2.23. The molecule has 2 aromatic rings. The summed E-state index contributed by atoms with van der Waals surface area (Å²) in [7, 11) is 0. The molecule has 3 rings (SSSR count). The molecule has 6 nitrogen and oxygen atoms in total. The molecule has 0 radical (unpaired) electrons. The number of benzene rings is 1. The first-order valence-electron chi connectivity index (χ1n) is 7.15. The molecule has 114 valence electrons. The molecule has 1 fully saturated rings. The SMILES string of the molecule is N#Cc1ccccc1CSc1n[nH]c(=O)n1C[C@H]1CCCO1. The monoisotopic (exact) mass is 316 g/mol. The van der Waals surface area contributed by atoms with Gasteiger partial charge in [-0.3, -0.25) is 4.57 Å². The lowest BCUT2D eigenvalue weighted by Crippen LogP contribution is -2.24. The molecule has 0 bridgehead atoms. The number of H-pyrrole nitrogens is 1. The van der Waals surface area contributed by atoms with Crippen molar-refractivity contribution in [2.75, 3.05) is 6.61 Å². The van der Waals surface area contributed by atoms with Gasteiger partial charge in [-0.15, -0.1) is 5.10 Å². The summed E-state index contributed by atoms with van der Waals surface area (Å²) >= 11 is 1.45. The van der Waals surface area contributed by atoms with E-state index in [2.05, 4.69) is 16.3 Å². The van der Waals surface area contributed by atoms with Gasteiger partial charge in [0.25, 0.3) is 0 Å². The summed E-state index contributed by atoms with van der Waals surface area (Å²) in [5.74, 6) is 0.597. The number of aromatic amines is 1. The largest absolute Gasteiger partial charge is 0.376 e. The Morgan fingerprint density at radius 2 is 2.36 bits per heavy atom. The minimum Gasteiger partial charge on any atom is -0.376 e. The maximum atomic E-state index is 11.9. The molecule has 7 heteroatoms. The van der Waals surface area contributed by atoms with Crippen molar-refractivity contribution in [3.05, 3.63) is 45.9 Å². The molecular weight excluding hydrogens is 300 g/mol. The number of aromatic nitrogens is 3. The normalized spacial score (nSPS) is 17.5. The van der Waals surface area contributed by atoms with Crippen molar-refractivity contribution in [2.24, 2.45) is 0 Å². The van der Waals surface area contributed by atoms with Gasteiger partial charge in [0.1, 0.15) is 0 Å². The second-order valence-electron chi connectivity index (χ2n) is 5.11. The van der Waals surface area contributed by atoms with Crippen LogP contribution in [0.5, 0.6) is 0 Å². The summed E-state index contributed by atoms with van der Waals surface area (Å²) in [6, 6.07) is 9.63. The second kappa shape index (κ2) is 6.81. The van der Waals surface area contributed by atoms with E-state index in [1.165, 1.54) is 11.8 Å². The number of nitriles is 1. The van der Waals surface area contributed by atoms with Crippen molar-refractivity contribution in [1.82, 2.24) is 14.8 Å². The van der Waals surface area contributed by atoms with Gasteiger partial charge in [-0.2, -0.15) is 5.26 Å². The van der Waals surface area contributed by atoms with Crippen molar-refractivity contribution in [3.63, 3.8) is 0 Å². The highest BCUT2D eigenvalue weighted by molar-refractivity contribution is 7.98. The lowest BCUT2D eigenvalue weighted by Gasteiger charge is -2.11. The third-order valence-corrected chi connectivity index (χ3v) is 4.65. The molecule has 1 aromatic carbocycles. The van der Waals surface area contributed by atoms with Crippen LogP contribution in [-0.4, -0.2) is 27.5 Å². The first-order valence-corrected chi connectivity index (χ1v) is 8.14. The van der Waals surface area contributed by atoms with Gasteiger partial charge in [0.2, 0.25) is 0 Å². The quantitative estimate of drug-likeness (QED) is 0.852. The van der Waals surface area contributed by atoms with Crippen LogP contribution in [0.2, 0.25) is 0 Å². The van der Waals surface area contributed by atoms with Crippen LogP contribution in [0.4, 0.5) is 0 Å². The average Bonchev–Trinajstić information content (AvgIpc) is 3.17. The van der Waals surface area contributed by atoms with Gasteiger partial charge in [-0.25, -0.2) is 9.89 Å². The van der Waals surface area contributed by atoms with E-state index >= 15 is 0 Å². The summed E-state index contributed by atoms with van der Waals surface area (Å²) < 4.78 is 7.20. The van der Waals surface area contributed by atoms with Crippen molar-refractivity contribution in [3.8, 4) is 6.07 Å². The molecule has 0 spiro atoms. The van der Waals surface area contributed by atoms with Crippen molar-refractivity contribution >= 4 is 11.8 Å². The van der Waals surface area contributed by atoms with Crippen molar-refractivity contribution in [2.45, 2.75) is 36.4 Å². The third-order valence-electron chi connectivity index (χ3n) is 3.63. The molecule has 1 aliphatic rings. The summed E-state index contributed by atoms with van der Waals surface area (Å²) in [5, 5.41) is 16.3. The first-order chi connectivity index (χ1) is 10.8. The molecule has 1 N–H and O–H groups in total. The van der Waals surface area contributed by atoms with Crippen LogP contribution in [0.25, 0.3) is 0 Å². The van der Waals surface area contributed by atoms with E-state index in [1.807, 2.05) is 18.2 Å². The van der Waals surface area contributed by atoms with Crippen LogP contribution in [0.3, 0.4) is 0 Å². The minimum absolute atomic E-state index is 0.0843. The van der Waals surface area contributed by atoms with Gasteiger partial charge >= 0.3 is 5.69 Å². The summed E-state index contributed by atoms with van der Waals surface area (Å²) in [5.41, 5.74) is 1.37. The molecular formula is C15H16N4O2S.